The van der Waals surface area contributed by atoms with Gasteiger partial charge in [0.1, 0.15) is 0 Å². The van der Waals surface area contributed by atoms with Gasteiger partial charge in [-0.15, -0.1) is 0 Å². The number of nitrogens with one attached hydrogen (secondary N) is 1. The van der Waals surface area contributed by atoms with Gasteiger partial charge in [0, 0.05) is 25.1 Å². The van der Waals surface area contributed by atoms with E-state index in [1.807, 2.05) is 0 Å². The highest BCUT2D eigenvalue weighted by Gasteiger charge is 2.41. The van der Waals surface area contributed by atoms with E-state index in [-0.39, 0.29) is 34.7 Å². The van der Waals surface area contributed by atoms with Gasteiger partial charge in [-0.2, -0.15) is 23.4 Å². The summed E-state index contributed by atoms with van der Waals surface area (Å²) in [6.07, 6.45) is -1.67. The maximum atomic E-state index is 13.1. The van der Waals surface area contributed by atoms with Crippen LogP contribution in [0.25, 0.3) is 0 Å². The fourth-order valence-electron chi connectivity index (χ4n) is 2.83. The van der Waals surface area contributed by atoms with Crippen molar-refractivity contribution in [2.24, 2.45) is 5.73 Å². The molecule has 3 N–H and O–H groups in total. The van der Waals surface area contributed by atoms with Crippen molar-refractivity contribution in [3.05, 3.63) is 27.8 Å². The summed E-state index contributed by atoms with van der Waals surface area (Å²) in [6, 6.07) is 0. The van der Waals surface area contributed by atoms with Crippen molar-refractivity contribution in [2.45, 2.75) is 51.4 Å². The maximum absolute atomic E-state index is 13.1. The van der Waals surface area contributed by atoms with Gasteiger partial charge in [-0.3, -0.25) is 19.0 Å². The number of anilines is 1. The lowest BCUT2D eigenvalue weighted by Crippen LogP contribution is -2.19. The van der Waals surface area contributed by atoms with Gasteiger partial charge < -0.3 is 11.1 Å². The second-order valence-electron chi connectivity index (χ2n) is 6.45. The molecule has 2 amide bonds. The first-order chi connectivity index (χ1) is 13.1. The van der Waals surface area contributed by atoms with Crippen LogP contribution in [0.4, 0.5) is 18.9 Å². The molecule has 8 nitrogen and oxygen atoms in total. The number of nitrogens with zero attached hydrogens (tertiary/aromatic N) is 4. The summed E-state index contributed by atoms with van der Waals surface area (Å²) in [5.74, 6) is -1.27. The highest BCUT2D eigenvalue weighted by atomic mass is 79.9. The lowest BCUT2D eigenvalue weighted by molar-refractivity contribution is -0.142. The van der Waals surface area contributed by atoms with Crippen LogP contribution in [0.3, 0.4) is 0 Å². The second-order valence-corrected chi connectivity index (χ2v) is 7.25. The third-order valence-corrected chi connectivity index (χ3v) is 5.09. The fourth-order valence-corrected chi connectivity index (χ4v) is 3.66. The number of nitrogens with two attached hydrogens (primary N) is 1. The number of aryl methyl sites for hydroxylation is 2. The molecule has 1 aliphatic rings. The van der Waals surface area contributed by atoms with Crippen LogP contribution in [0.2, 0.25) is 0 Å². The second kappa shape index (κ2) is 7.57. The van der Waals surface area contributed by atoms with Crippen LogP contribution < -0.4 is 11.1 Å². The Morgan fingerprint density at radius 2 is 2.04 bits per heavy atom. The van der Waals surface area contributed by atoms with Crippen LogP contribution in [0, 0.1) is 0 Å². The molecule has 12 heteroatoms. The molecule has 1 aliphatic carbocycles. The Hall–Kier alpha value is -2.37. The average molecular weight is 463 g/mol. The number of alkyl halides is 3. The molecule has 0 atom stereocenters. The summed E-state index contributed by atoms with van der Waals surface area (Å²) in [5.41, 5.74) is 4.81. The number of carbonyl (C=O) groups excluding carboxylic acids is 2. The van der Waals surface area contributed by atoms with E-state index in [1.165, 1.54) is 15.6 Å². The normalized spacial score (nSPS) is 14.3. The minimum absolute atomic E-state index is 0.00490. The van der Waals surface area contributed by atoms with Crippen molar-refractivity contribution in [3.8, 4) is 0 Å². The van der Waals surface area contributed by atoms with E-state index in [2.05, 4.69) is 31.4 Å². The van der Waals surface area contributed by atoms with Crippen LogP contribution in [0.15, 0.2) is 10.7 Å². The summed E-state index contributed by atoms with van der Waals surface area (Å²) in [6.45, 7) is 2.25. The molecular weight excluding hydrogens is 445 g/mol. The molecule has 1 fully saturated rings. The van der Waals surface area contributed by atoms with E-state index in [9.17, 15) is 22.8 Å². The molecule has 0 radical (unpaired) electrons. The van der Waals surface area contributed by atoms with Crippen LogP contribution in [0.1, 0.15) is 54.0 Å². The van der Waals surface area contributed by atoms with Gasteiger partial charge in [0.2, 0.25) is 5.91 Å². The predicted molar refractivity (Wildman–Crippen MR) is 96.6 cm³/mol. The molecule has 0 unspecified atom stereocenters. The summed E-state index contributed by atoms with van der Waals surface area (Å²) < 4.78 is 42.0. The molecule has 0 aliphatic heterocycles. The first-order valence-electron chi connectivity index (χ1n) is 8.62. The number of hydrogen-bond donors (Lipinski definition) is 2. The van der Waals surface area contributed by atoms with Crippen molar-refractivity contribution in [1.29, 1.82) is 0 Å². The average Bonchev–Trinajstić information content (AvgIpc) is 3.25. The zero-order valence-corrected chi connectivity index (χ0v) is 16.5. The smallest absolute Gasteiger partial charge is 0.364 e. The molecule has 0 aromatic carbocycles. The topological polar surface area (TPSA) is 108 Å². The first-order valence-corrected chi connectivity index (χ1v) is 9.41. The molecule has 0 bridgehead atoms. The minimum atomic E-state index is -4.58. The molecule has 28 heavy (non-hydrogen) atoms. The first kappa shape index (κ1) is 20.4. The Balaban J connectivity index is 1.73. The number of halogens is 4. The van der Waals surface area contributed by atoms with Crippen LogP contribution in [-0.2, 0) is 24.1 Å². The van der Waals surface area contributed by atoms with Crippen molar-refractivity contribution in [1.82, 2.24) is 19.6 Å². The molecule has 2 heterocycles. The third-order valence-electron chi connectivity index (χ3n) is 4.31. The largest absolute Gasteiger partial charge is 0.436 e. The van der Waals surface area contributed by atoms with Gasteiger partial charge in [0.05, 0.1) is 22.4 Å². The predicted octanol–water partition coefficient (Wildman–Crippen LogP) is 2.89. The van der Waals surface area contributed by atoms with E-state index < -0.39 is 23.7 Å². The molecule has 0 saturated heterocycles. The van der Waals surface area contributed by atoms with E-state index in [0.29, 0.717) is 12.2 Å². The maximum Gasteiger partial charge on any atom is 0.436 e. The standard InChI is InChI=1S/C16H18BrF3N6O2/c1-2-25-7-9(12(23-25)15(21)28)22-10(27)5-6-26-13(8-3-4-8)11(17)14(24-26)16(18,19)20/h7-8H,2-6H2,1H3,(H2,21,28)(H,22,27). The van der Waals surface area contributed by atoms with Crippen LogP contribution in [0.5, 0.6) is 0 Å². The number of aromatic nitrogens is 4. The highest BCUT2D eigenvalue weighted by Crippen LogP contribution is 2.47. The van der Waals surface area contributed by atoms with E-state index in [4.69, 9.17) is 5.73 Å². The zero-order chi connectivity index (χ0) is 20.6. The number of rotatable bonds is 7. The SMILES string of the molecule is CCn1cc(NC(=O)CCn2nc(C(F)(F)F)c(Br)c2C2CC2)c(C(N)=O)n1. The van der Waals surface area contributed by atoms with Crippen molar-refractivity contribution >= 4 is 33.4 Å². The molecular formula is C16H18BrF3N6O2. The Morgan fingerprint density at radius 1 is 1.36 bits per heavy atom. The minimum Gasteiger partial charge on any atom is -0.364 e. The van der Waals surface area contributed by atoms with Gasteiger partial charge >= 0.3 is 6.18 Å². The van der Waals surface area contributed by atoms with E-state index >= 15 is 0 Å². The number of primary amides is 1. The highest BCUT2D eigenvalue weighted by molar-refractivity contribution is 9.10. The van der Waals surface area contributed by atoms with Crippen LogP contribution >= 0.6 is 15.9 Å². The lowest BCUT2D eigenvalue weighted by atomic mass is 10.2. The Bertz CT molecular complexity index is 916. The molecule has 2 aromatic heterocycles. The van der Waals surface area contributed by atoms with Gasteiger partial charge in [-0.05, 0) is 35.7 Å². The zero-order valence-electron chi connectivity index (χ0n) is 14.9. The van der Waals surface area contributed by atoms with Crippen molar-refractivity contribution < 1.29 is 22.8 Å². The summed E-state index contributed by atoms with van der Waals surface area (Å²) in [7, 11) is 0. The molecule has 2 aromatic rings. The van der Waals surface area contributed by atoms with Gasteiger partial charge in [0.25, 0.3) is 5.91 Å². The summed E-state index contributed by atoms with van der Waals surface area (Å²) in [5, 5.41) is 10.2. The monoisotopic (exact) mass is 462 g/mol. The lowest BCUT2D eigenvalue weighted by Gasteiger charge is -2.07. The Morgan fingerprint density at radius 3 is 2.57 bits per heavy atom. The third kappa shape index (κ3) is 4.21. The Labute approximate surface area is 166 Å². The number of hydrogen-bond acceptors (Lipinski definition) is 4. The molecule has 1 saturated carbocycles. The number of amides is 2. The van der Waals surface area contributed by atoms with E-state index in [1.54, 1.807) is 6.92 Å². The van der Waals surface area contributed by atoms with Gasteiger partial charge in [-0.1, -0.05) is 0 Å². The van der Waals surface area contributed by atoms with Gasteiger partial charge in [-0.25, -0.2) is 0 Å². The van der Waals surface area contributed by atoms with Crippen molar-refractivity contribution in [2.75, 3.05) is 5.32 Å². The van der Waals surface area contributed by atoms with E-state index in [0.717, 1.165) is 12.8 Å². The Kier molecular flexibility index (Phi) is 5.50. The molecule has 3 rings (SSSR count). The summed E-state index contributed by atoms with van der Waals surface area (Å²) >= 11 is 3.01. The summed E-state index contributed by atoms with van der Waals surface area (Å²) in [4.78, 5) is 23.7. The molecule has 0 spiro atoms. The fraction of sp³-hybridized carbons (Fsp3) is 0.500. The van der Waals surface area contributed by atoms with Crippen molar-refractivity contribution in [3.63, 3.8) is 0 Å². The van der Waals surface area contributed by atoms with Crippen LogP contribution in [-0.4, -0.2) is 31.4 Å². The van der Waals surface area contributed by atoms with Gasteiger partial charge in [0.15, 0.2) is 11.4 Å². The quantitative estimate of drug-likeness (QED) is 0.659. The molecule has 152 valence electrons. The number of carbonyl (C=O) groups is 2.